The first-order valence-electron chi connectivity index (χ1n) is 20.1. The number of alkyl halides is 6. The maximum atomic E-state index is 12.8. The van der Waals surface area contributed by atoms with Crippen molar-refractivity contribution in [2.45, 2.75) is 44.5 Å². The number of rotatable bonds is 7. The zero-order valence-corrected chi connectivity index (χ0v) is 33.2. The van der Waals surface area contributed by atoms with Crippen LogP contribution in [0.2, 0.25) is 0 Å². The summed E-state index contributed by atoms with van der Waals surface area (Å²) in [6.07, 6.45) is -4.73. The van der Waals surface area contributed by atoms with Gasteiger partial charge >= 0.3 is 18.3 Å². The van der Waals surface area contributed by atoms with Gasteiger partial charge in [0.1, 0.15) is 0 Å². The summed E-state index contributed by atoms with van der Waals surface area (Å²) in [5, 5.41) is 20.7. The second-order valence-electron chi connectivity index (χ2n) is 15.3. The number of nitrogens with zero attached hydrogens (tertiary/aromatic N) is 3. The maximum Gasteiger partial charge on any atom is 0.416 e. The number of aliphatic hydroxyl groups is 1. The number of nitrogens with one attached hydrogen (secondary N) is 1. The first-order valence-corrected chi connectivity index (χ1v) is 20.1. The van der Waals surface area contributed by atoms with E-state index in [9.17, 15) is 31.1 Å². The standard InChI is InChI=1S/C25H19F3N2O2.C24H21F3N2O/c26-25(27,28)20-8-3-16(4-9-20)18-7-12-23-19(14-18)2-1-13-30(23)21-10-5-17(6-11-21)22-15-24(31)32-29-22;25-24(26,27)20-8-3-16(4-9-20)18-7-12-23-19(14-18)2-1-13-29(23)21-10-5-17(6-11-21)22(28)15-30/h3-12,14H,1-2,13,15H2;3-12,14,28,30H,1-2,13,15H2. The molecule has 62 heavy (non-hydrogen) atoms. The fourth-order valence-corrected chi connectivity index (χ4v) is 8.02. The van der Waals surface area contributed by atoms with Gasteiger partial charge in [-0.3, -0.25) is 0 Å². The number of aryl methyl sites for hydroxylation is 2. The second-order valence-corrected chi connectivity index (χ2v) is 15.3. The molecule has 9 rings (SSSR count). The van der Waals surface area contributed by atoms with Gasteiger partial charge in [0.05, 0.1) is 35.6 Å². The van der Waals surface area contributed by atoms with E-state index in [-0.39, 0.29) is 24.7 Å². The van der Waals surface area contributed by atoms with Gasteiger partial charge in [0.2, 0.25) is 0 Å². The van der Waals surface area contributed by atoms with Gasteiger partial charge < -0.3 is 25.2 Å². The van der Waals surface area contributed by atoms with Crippen molar-refractivity contribution in [3.8, 4) is 22.3 Å². The Morgan fingerprint density at radius 2 is 1.02 bits per heavy atom. The van der Waals surface area contributed by atoms with Crippen LogP contribution in [-0.2, 0) is 34.8 Å². The molecule has 0 bridgehead atoms. The van der Waals surface area contributed by atoms with Crippen molar-refractivity contribution in [2.75, 3.05) is 29.5 Å². The van der Waals surface area contributed by atoms with E-state index in [2.05, 4.69) is 31.9 Å². The number of benzene rings is 6. The average molecular weight is 847 g/mol. The Kier molecular flexibility index (Phi) is 11.7. The van der Waals surface area contributed by atoms with E-state index in [0.717, 1.165) is 125 Å². The molecule has 2 N–H and O–H groups in total. The highest BCUT2D eigenvalue weighted by atomic mass is 19.4. The first kappa shape index (κ1) is 42.0. The van der Waals surface area contributed by atoms with E-state index in [1.165, 1.54) is 24.3 Å². The Hall–Kier alpha value is -6.73. The van der Waals surface area contributed by atoms with Crippen molar-refractivity contribution in [3.05, 3.63) is 167 Å². The highest BCUT2D eigenvalue weighted by Gasteiger charge is 2.31. The van der Waals surface area contributed by atoms with Crippen LogP contribution in [-0.4, -0.2) is 42.2 Å². The lowest BCUT2D eigenvalue weighted by Gasteiger charge is -2.32. The third-order valence-electron chi connectivity index (χ3n) is 11.3. The van der Waals surface area contributed by atoms with Gasteiger partial charge in [-0.25, -0.2) is 4.79 Å². The number of halogens is 6. The number of oxime groups is 1. The second kappa shape index (κ2) is 17.3. The van der Waals surface area contributed by atoms with Crippen molar-refractivity contribution in [3.63, 3.8) is 0 Å². The summed E-state index contributed by atoms with van der Waals surface area (Å²) in [7, 11) is 0. The summed E-state index contributed by atoms with van der Waals surface area (Å²) >= 11 is 0. The Labute approximate surface area is 354 Å². The van der Waals surface area contributed by atoms with Crippen molar-refractivity contribution >= 4 is 40.1 Å². The smallest absolute Gasteiger partial charge is 0.390 e. The van der Waals surface area contributed by atoms with Gasteiger partial charge in [-0.2, -0.15) is 26.3 Å². The number of carbonyl (C=O) groups is 1. The van der Waals surface area contributed by atoms with Crippen molar-refractivity contribution in [1.82, 2.24) is 0 Å². The molecule has 7 nitrogen and oxygen atoms in total. The molecule has 13 heteroatoms. The number of fused-ring (bicyclic) bond motifs is 2. The summed E-state index contributed by atoms with van der Waals surface area (Å²) in [5.74, 6) is -0.349. The van der Waals surface area contributed by atoms with Crippen LogP contribution in [0.5, 0.6) is 0 Å². The molecule has 0 radical (unpaired) electrons. The lowest BCUT2D eigenvalue weighted by atomic mass is 9.95. The molecule has 0 amide bonds. The summed E-state index contributed by atoms with van der Waals surface area (Å²) in [4.78, 5) is 20.4. The predicted octanol–water partition coefficient (Wildman–Crippen LogP) is 11.9. The molecule has 6 aromatic rings. The highest BCUT2D eigenvalue weighted by Crippen LogP contribution is 2.39. The van der Waals surface area contributed by atoms with Crippen molar-refractivity contribution in [2.24, 2.45) is 5.16 Å². The molecular weight excluding hydrogens is 807 g/mol. The van der Waals surface area contributed by atoms with Crippen LogP contribution in [0, 0.1) is 5.41 Å². The van der Waals surface area contributed by atoms with E-state index < -0.39 is 23.5 Å². The van der Waals surface area contributed by atoms with Crippen LogP contribution in [0.4, 0.5) is 49.1 Å². The molecule has 0 aromatic heterocycles. The van der Waals surface area contributed by atoms with Crippen LogP contribution in [0.3, 0.4) is 0 Å². The molecule has 0 saturated carbocycles. The molecule has 3 heterocycles. The Bertz CT molecular complexity index is 2620. The fraction of sp³-hybridized carbons (Fsp3) is 0.204. The lowest BCUT2D eigenvalue weighted by molar-refractivity contribution is -0.140. The highest BCUT2D eigenvalue weighted by molar-refractivity contribution is 6.11. The molecule has 316 valence electrons. The van der Waals surface area contributed by atoms with Gasteiger partial charge in [-0.05, 0) is 137 Å². The van der Waals surface area contributed by atoms with E-state index >= 15 is 0 Å². The van der Waals surface area contributed by atoms with Gasteiger partial charge in [0, 0.05) is 41.4 Å². The minimum Gasteiger partial charge on any atom is -0.390 e. The van der Waals surface area contributed by atoms with Crippen LogP contribution in [0.1, 0.15) is 52.6 Å². The Morgan fingerprint density at radius 1 is 0.597 bits per heavy atom. The van der Waals surface area contributed by atoms with Gasteiger partial charge in [0.25, 0.3) is 0 Å². The largest absolute Gasteiger partial charge is 0.416 e. The van der Waals surface area contributed by atoms with Crippen molar-refractivity contribution in [1.29, 1.82) is 5.41 Å². The predicted molar refractivity (Wildman–Crippen MR) is 228 cm³/mol. The van der Waals surface area contributed by atoms with Gasteiger partial charge in [-0.1, -0.05) is 65.8 Å². The number of hydrogen-bond donors (Lipinski definition) is 2. The normalized spacial score (nSPS) is 14.9. The van der Waals surface area contributed by atoms with E-state index in [0.29, 0.717) is 11.3 Å². The fourth-order valence-electron chi connectivity index (χ4n) is 8.02. The quantitative estimate of drug-likeness (QED) is 0.0949. The summed E-state index contributed by atoms with van der Waals surface area (Å²) < 4.78 is 77.0. The molecule has 6 aromatic carbocycles. The minimum atomic E-state index is -4.34. The SMILES string of the molecule is N=C(CO)c1ccc(N2CCCc3cc(-c4ccc(C(F)(F)F)cc4)ccc32)cc1.O=C1CC(c2ccc(N3CCCc4cc(-c5ccc(C(F)(F)F)cc5)ccc43)cc2)=NO1. The van der Waals surface area contributed by atoms with Gasteiger partial charge in [0.15, 0.2) is 0 Å². The van der Waals surface area contributed by atoms with Crippen molar-refractivity contribution < 1.29 is 41.1 Å². The maximum absolute atomic E-state index is 12.8. The molecule has 0 fully saturated rings. The van der Waals surface area contributed by atoms with E-state index in [4.69, 9.17) is 10.5 Å². The molecule has 0 unspecified atom stereocenters. The average Bonchev–Trinajstić information content (AvgIpc) is 3.73. The minimum absolute atomic E-state index is 0.179. The zero-order chi connectivity index (χ0) is 43.6. The number of aliphatic hydroxyl groups excluding tert-OH is 1. The molecule has 0 aliphatic carbocycles. The molecule has 0 spiro atoms. The monoisotopic (exact) mass is 846 g/mol. The lowest BCUT2D eigenvalue weighted by Crippen LogP contribution is -2.24. The summed E-state index contributed by atoms with van der Waals surface area (Å²) in [6.45, 7) is 1.44. The number of anilines is 4. The third-order valence-corrected chi connectivity index (χ3v) is 11.3. The zero-order valence-electron chi connectivity index (χ0n) is 33.2. The van der Waals surface area contributed by atoms with Crippen LogP contribution in [0.25, 0.3) is 22.3 Å². The Balaban J connectivity index is 0.000000171. The number of hydrogen-bond acceptors (Lipinski definition) is 7. The van der Waals surface area contributed by atoms with Crippen LogP contribution >= 0.6 is 0 Å². The first-order chi connectivity index (χ1) is 29.7. The molecular formula is C49H40F6N4O3. The van der Waals surface area contributed by atoms with Crippen LogP contribution < -0.4 is 9.80 Å². The van der Waals surface area contributed by atoms with Crippen LogP contribution in [0.15, 0.2) is 139 Å². The summed E-state index contributed by atoms with van der Waals surface area (Å²) in [6, 6.07) is 38.0. The van der Waals surface area contributed by atoms with Gasteiger partial charge in [-0.15, -0.1) is 0 Å². The van der Waals surface area contributed by atoms with E-state index in [1.807, 2.05) is 72.8 Å². The van der Waals surface area contributed by atoms with E-state index in [1.54, 1.807) is 0 Å². The Morgan fingerprint density at radius 3 is 1.42 bits per heavy atom. The number of carbonyl (C=O) groups excluding carboxylic acids is 1. The summed E-state index contributed by atoms with van der Waals surface area (Å²) in [5.41, 5.74) is 10.9. The molecule has 0 saturated heterocycles. The molecule has 0 atom stereocenters. The molecule has 3 aliphatic rings. The third kappa shape index (κ3) is 9.13. The molecule has 3 aliphatic heterocycles. The topological polar surface area (TPSA) is 89.2 Å².